The van der Waals surface area contributed by atoms with Gasteiger partial charge in [-0.05, 0) is 23.7 Å². The summed E-state index contributed by atoms with van der Waals surface area (Å²) in [5, 5.41) is 1.91. The summed E-state index contributed by atoms with van der Waals surface area (Å²) in [7, 11) is 0. The highest BCUT2D eigenvalue weighted by Crippen LogP contribution is 2.13. The lowest BCUT2D eigenvalue weighted by Crippen LogP contribution is -2.39. The van der Waals surface area contributed by atoms with Crippen molar-refractivity contribution >= 4 is 33.8 Å². The quantitative estimate of drug-likeness (QED) is 0.871. The number of rotatable bonds is 3. The number of morpholine rings is 1. The van der Waals surface area contributed by atoms with Gasteiger partial charge < -0.3 is 9.72 Å². The van der Waals surface area contributed by atoms with Gasteiger partial charge in [-0.15, -0.1) is 11.3 Å². The molecule has 2 aromatic heterocycles. The number of H-pyrrole nitrogens is 1. The van der Waals surface area contributed by atoms with Crippen LogP contribution in [0.4, 0.5) is 0 Å². The van der Waals surface area contributed by atoms with Crippen LogP contribution in [0.2, 0.25) is 0 Å². The van der Waals surface area contributed by atoms with Crippen molar-refractivity contribution < 1.29 is 4.74 Å². The molecule has 0 aliphatic carbocycles. The molecule has 7 heteroatoms. The van der Waals surface area contributed by atoms with Crippen LogP contribution >= 0.6 is 23.6 Å². The Kier molecular flexibility index (Phi) is 3.79. The molecule has 1 aliphatic heterocycles. The lowest BCUT2D eigenvalue weighted by Gasteiger charge is -2.26. The molecule has 3 heterocycles. The summed E-state index contributed by atoms with van der Waals surface area (Å²) in [6.07, 6.45) is 0. The van der Waals surface area contributed by atoms with Crippen LogP contribution in [0.1, 0.15) is 0 Å². The van der Waals surface area contributed by atoms with Gasteiger partial charge in [0.1, 0.15) is 4.70 Å². The summed E-state index contributed by atoms with van der Waals surface area (Å²) in [5.41, 5.74) is 0.852. The van der Waals surface area contributed by atoms with Gasteiger partial charge in [0.15, 0.2) is 4.77 Å². The van der Waals surface area contributed by atoms with Gasteiger partial charge in [0.2, 0.25) is 0 Å². The van der Waals surface area contributed by atoms with Gasteiger partial charge in [-0.3, -0.25) is 14.3 Å². The Bertz CT molecular complexity index is 682. The zero-order valence-corrected chi connectivity index (χ0v) is 12.1. The zero-order valence-electron chi connectivity index (χ0n) is 10.4. The molecule has 0 aromatic carbocycles. The van der Waals surface area contributed by atoms with Gasteiger partial charge in [0.05, 0.1) is 18.7 Å². The Morgan fingerprint density at radius 2 is 2.16 bits per heavy atom. The smallest absolute Gasteiger partial charge is 0.272 e. The maximum absolute atomic E-state index is 12.3. The molecule has 0 amide bonds. The maximum Gasteiger partial charge on any atom is 0.272 e. The van der Waals surface area contributed by atoms with E-state index in [-0.39, 0.29) is 5.56 Å². The molecular weight excluding hydrogens is 282 g/mol. The molecule has 0 unspecified atom stereocenters. The third-order valence-electron chi connectivity index (χ3n) is 3.33. The third kappa shape index (κ3) is 2.64. The first-order chi connectivity index (χ1) is 9.25. The van der Waals surface area contributed by atoms with Gasteiger partial charge in [-0.25, -0.2) is 0 Å². The molecule has 2 aromatic rings. The highest BCUT2D eigenvalue weighted by Gasteiger charge is 2.12. The molecule has 3 rings (SSSR count). The maximum atomic E-state index is 12.3. The van der Waals surface area contributed by atoms with Crippen LogP contribution in [0, 0.1) is 4.77 Å². The Morgan fingerprint density at radius 3 is 2.95 bits per heavy atom. The fourth-order valence-electron chi connectivity index (χ4n) is 2.24. The molecular formula is C12H15N3O2S2. The van der Waals surface area contributed by atoms with Gasteiger partial charge in [0.25, 0.3) is 5.56 Å². The van der Waals surface area contributed by atoms with E-state index in [1.807, 2.05) is 11.4 Å². The van der Waals surface area contributed by atoms with E-state index in [1.54, 1.807) is 4.57 Å². The monoisotopic (exact) mass is 297 g/mol. The van der Waals surface area contributed by atoms with Gasteiger partial charge in [-0.2, -0.15) is 0 Å². The first kappa shape index (κ1) is 13.0. The minimum Gasteiger partial charge on any atom is -0.379 e. The number of aromatic amines is 1. The molecule has 0 saturated carbocycles. The number of thiophene rings is 1. The molecule has 19 heavy (non-hydrogen) atoms. The van der Waals surface area contributed by atoms with Crippen LogP contribution in [0.15, 0.2) is 16.2 Å². The minimum atomic E-state index is 0.0157. The second-order valence-corrected chi connectivity index (χ2v) is 5.81. The summed E-state index contributed by atoms with van der Waals surface area (Å²) in [6.45, 7) is 4.84. The predicted octanol–water partition coefficient (Wildman–Crippen LogP) is 1.45. The van der Waals surface area contributed by atoms with E-state index < -0.39 is 0 Å². The number of aromatic nitrogens is 2. The molecule has 1 saturated heterocycles. The van der Waals surface area contributed by atoms with E-state index in [2.05, 4.69) is 9.88 Å². The van der Waals surface area contributed by atoms with Crippen molar-refractivity contribution in [2.45, 2.75) is 6.54 Å². The molecule has 5 nitrogen and oxygen atoms in total. The fraction of sp³-hybridized carbons (Fsp3) is 0.500. The number of fused-ring (bicyclic) bond motifs is 1. The molecule has 0 radical (unpaired) electrons. The van der Waals surface area contributed by atoms with E-state index in [4.69, 9.17) is 17.0 Å². The zero-order chi connectivity index (χ0) is 13.2. The lowest BCUT2D eigenvalue weighted by atomic mass is 10.4. The van der Waals surface area contributed by atoms with E-state index in [0.717, 1.165) is 43.1 Å². The average molecular weight is 297 g/mol. The summed E-state index contributed by atoms with van der Waals surface area (Å²) >= 11 is 6.72. The fourth-order valence-corrected chi connectivity index (χ4v) is 3.32. The SMILES string of the molecule is O=c1c2sccc2[nH]c(=S)n1CCN1CCOCC1. The first-order valence-corrected chi connectivity index (χ1v) is 7.55. The summed E-state index contributed by atoms with van der Waals surface area (Å²) in [4.78, 5) is 17.7. The first-order valence-electron chi connectivity index (χ1n) is 6.26. The molecule has 102 valence electrons. The van der Waals surface area contributed by atoms with Crippen molar-refractivity contribution in [2.75, 3.05) is 32.8 Å². The van der Waals surface area contributed by atoms with Crippen LogP contribution in [-0.2, 0) is 11.3 Å². The van der Waals surface area contributed by atoms with Crippen LogP contribution in [0.5, 0.6) is 0 Å². The Labute approximate surface area is 119 Å². The van der Waals surface area contributed by atoms with Crippen molar-refractivity contribution in [3.63, 3.8) is 0 Å². The van der Waals surface area contributed by atoms with Gasteiger partial charge in [0, 0.05) is 26.2 Å². The lowest BCUT2D eigenvalue weighted by molar-refractivity contribution is 0.0362. The summed E-state index contributed by atoms with van der Waals surface area (Å²) < 4.78 is 8.22. The standard InChI is InChI=1S/C12H15N3O2S2/c16-11-10-9(1-8-19-10)13-12(18)15(11)3-2-14-4-6-17-7-5-14/h1,8H,2-7H2,(H,13,18). The van der Waals surface area contributed by atoms with Gasteiger partial charge >= 0.3 is 0 Å². The number of hydrogen-bond acceptors (Lipinski definition) is 5. The largest absolute Gasteiger partial charge is 0.379 e. The number of ether oxygens (including phenoxy) is 1. The van der Waals surface area contributed by atoms with E-state index >= 15 is 0 Å². The highest BCUT2D eigenvalue weighted by atomic mass is 32.1. The van der Waals surface area contributed by atoms with E-state index in [1.165, 1.54) is 11.3 Å². The molecule has 1 N–H and O–H groups in total. The number of nitrogens with zero attached hydrogens (tertiary/aromatic N) is 2. The molecule has 0 bridgehead atoms. The highest BCUT2D eigenvalue weighted by molar-refractivity contribution is 7.71. The molecule has 0 atom stereocenters. The number of nitrogens with one attached hydrogen (secondary N) is 1. The van der Waals surface area contributed by atoms with Crippen molar-refractivity contribution in [3.05, 3.63) is 26.6 Å². The van der Waals surface area contributed by atoms with Gasteiger partial charge in [-0.1, -0.05) is 0 Å². The van der Waals surface area contributed by atoms with Crippen molar-refractivity contribution in [1.29, 1.82) is 0 Å². The van der Waals surface area contributed by atoms with Crippen molar-refractivity contribution in [3.8, 4) is 0 Å². The molecule has 0 spiro atoms. The van der Waals surface area contributed by atoms with Crippen LogP contribution in [-0.4, -0.2) is 47.3 Å². The predicted molar refractivity (Wildman–Crippen MR) is 78.5 cm³/mol. The molecule has 1 aliphatic rings. The minimum absolute atomic E-state index is 0.0157. The Hall–Kier alpha value is -1.02. The van der Waals surface area contributed by atoms with Crippen molar-refractivity contribution in [1.82, 2.24) is 14.5 Å². The average Bonchev–Trinajstić information content (AvgIpc) is 2.88. The second-order valence-electron chi connectivity index (χ2n) is 4.50. The Morgan fingerprint density at radius 1 is 1.37 bits per heavy atom. The van der Waals surface area contributed by atoms with Crippen LogP contribution in [0.3, 0.4) is 0 Å². The second kappa shape index (κ2) is 5.54. The van der Waals surface area contributed by atoms with Crippen LogP contribution in [0.25, 0.3) is 10.2 Å². The normalized spacial score (nSPS) is 17.1. The van der Waals surface area contributed by atoms with E-state index in [9.17, 15) is 4.79 Å². The Balaban J connectivity index is 1.83. The van der Waals surface area contributed by atoms with Crippen LogP contribution < -0.4 is 5.56 Å². The summed E-state index contributed by atoms with van der Waals surface area (Å²) in [5.74, 6) is 0. The molecule has 1 fully saturated rings. The third-order valence-corrected chi connectivity index (χ3v) is 4.56. The number of hydrogen-bond donors (Lipinski definition) is 1. The topological polar surface area (TPSA) is 50.3 Å². The summed E-state index contributed by atoms with van der Waals surface area (Å²) in [6, 6.07) is 1.89. The van der Waals surface area contributed by atoms with E-state index in [0.29, 0.717) is 11.3 Å². The van der Waals surface area contributed by atoms with Crippen molar-refractivity contribution in [2.24, 2.45) is 0 Å².